The minimum Gasteiger partial charge on any atom is -0.298 e. The molecule has 0 atom stereocenters. The summed E-state index contributed by atoms with van der Waals surface area (Å²) in [5.41, 5.74) is 2.79. The number of hydrogen-bond donors (Lipinski definition) is 2. The predicted octanol–water partition coefficient (Wildman–Crippen LogP) is 5.81. The first-order valence-electron chi connectivity index (χ1n) is 9.91. The topological polar surface area (TPSA) is 112 Å². The minimum absolute atomic E-state index is 0.00168. The number of carbonyl (C=O) groups is 1. The van der Waals surface area contributed by atoms with E-state index in [1.807, 2.05) is 42.6 Å². The van der Waals surface area contributed by atoms with E-state index in [-0.39, 0.29) is 21.7 Å². The first-order chi connectivity index (χ1) is 16.2. The summed E-state index contributed by atoms with van der Waals surface area (Å²) in [6.07, 6.45) is 0. The molecule has 0 aliphatic rings. The second-order valence-electron chi connectivity index (χ2n) is 7.29. The molecule has 2 N–H and O–H groups in total. The summed E-state index contributed by atoms with van der Waals surface area (Å²) in [6.45, 7) is 1.85. The zero-order valence-electron chi connectivity index (χ0n) is 17.7. The summed E-state index contributed by atoms with van der Waals surface area (Å²) in [5.74, 6) is -0.553. The largest absolute Gasteiger partial charge is 0.298 e. The van der Waals surface area contributed by atoms with Crippen molar-refractivity contribution >= 4 is 54.0 Å². The molecule has 1 heterocycles. The molecule has 0 bridgehead atoms. The van der Waals surface area contributed by atoms with Gasteiger partial charge in [-0.15, -0.1) is 11.3 Å². The van der Waals surface area contributed by atoms with E-state index in [1.165, 1.54) is 41.7 Å². The molecule has 0 saturated carbocycles. The normalized spacial score (nSPS) is 11.0. The second kappa shape index (κ2) is 9.77. The molecule has 4 rings (SSSR count). The average molecular weight is 553 g/mol. The van der Waals surface area contributed by atoms with E-state index in [9.17, 15) is 18.5 Å². The van der Waals surface area contributed by atoms with Gasteiger partial charge in [0.1, 0.15) is 0 Å². The van der Waals surface area contributed by atoms with Crippen LogP contribution in [0.15, 0.2) is 81.5 Å². The van der Waals surface area contributed by atoms with Crippen molar-refractivity contribution in [3.8, 4) is 17.3 Å². The van der Waals surface area contributed by atoms with Crippen LogP contribution in [-0.4, -0.2) is 19.3 Å². The van der Waals surface area contributed by atoms with E-state index in [4.69, 9.17) is 0 Å². The molecule has 0 fully saturated rings. The zero-order valence-corrected chi connectivity index (χ0v) is 21.0. The molecule has 7 nitrogen and oxygen atoms in total. The number of hydrogen-bond acceptors (Lipinski definition) is 6. The Bertz CT molecular complexity index is 1510. The van der Waals surface area contributed by atoms with Crippen LogP contribution in [0.25, 0.3) is 11.3 Å². The SMILES string of the molecule is Cc1ccc(S(=O)(=O)Nc2cc(C#N)ccc2C(=O)Nc2nc(-c3ccc(Br)cc3)cs2)cc1. The molecule has 0 radical (unpaired) electrons. The number of halogens is 1. The van der Waals surface area contributed by atoms with Gasteiger partial charge in [0.15, 0.2) is 5.13 Å². The van der Waals surface area contributed by atoms with E-state index in [2.05, 4.69) is 31.0 Å². The maximum Gasteiger partial charge on any atom is 0.261 e. The number of sulfonamides is 1. The number of anilines is 2. The van der Waals surface area contributed by atoms with Gasteiger partial charge in [0, 0.05) is 15.4 Å². The Labute approximate surface area is 209 Å². The third kappa shape index (κ3) is 5.34. The first kappa shape index (κ1) is 23.6. The smallest absolute Gasteiger partial charge is 0.261 e. The molecule has 3 aromatic carbocycles. The van der Waals surface area contributed by atoms with Crippen LogP contribution in [0.2, 0.25) is 0 Å². The van der Waals surface area contributed by atoms with Gasteiger partial charge in [-0.1, -0.05) is 45.8 Å². The van der Waals surface area contributed by atoms with Crippen molar-refractivity contribution in [3.05, 3.63) is 93.3 Å². The van der Waals surface area contributed by atoms with Gasteiger partial charge in [-0.2, -0.15) is 5.26 Å². The van der Waals surface area contributed by atoms with E-state index in [0.29, 0.717) is 10.8 Å². The summed E-state index contributed by atoms with van der Waals surface area (Å²) in [6, 6.07) is 20.1. The molecule has 0 saturated heterocycles. The van der Waals surface area contributed by atoms with Crippen LogP contribution in [0.4, 0.5) is 10.8 Å². The van der Waals surface area contributed by atoms with Gasteiger partial charge in [0.25, 0.3) is 15.9 Å². The maximum absolute atomic E-state index is 13.0. The minimum atomic E-state index is -3.98. The van der Waals surface area contributed by atoms with Crippen molar-refractivity contribution in [3.63, 3.8) is 0 Å². The lowest BCUT2D eigenvalue weighted by Crippen LogP contribution is -2.19. The molecule has 170 valence electrons. The van der Waals surface area contributed by atoms with Crippen LogP contribution in [-0.2, 0) is 10.0 Å². The Hall–Kier alpha value is -3.52. The van der Waals surface area contributed by atoms with Crippen molar-refractivity contribution in [2.45, 2.75) is 11.8 Å². The third-order valence-corrected chi connectivity index (χ3v) is 7.50. The lowest BCUT2D eigenvalue weighted by molar-refractivity contribution is 0.102. The number of amides is 1. The second-order valence-corrected chi connectivity index (χ2v) is 10.7. The summed E-state index contributed by atoms with van der Waals surface area (Å²) >= 11 is 4.64. The highest BCUT2D eigenvalue weighted by Crippen LogP contribution is 2.28. The zero-order chi connectivity index (χ0) is 24.3. The monoisotopic (exact) mass is 552 g/mol. The van der Waals surface area contributed by atoms with Crippen LogP contribution >= 0.6 is 27.3 Å². The highest BCUT2D eigenvalue weighted by atomic mass is 79.9. The Morgan fingerprint density at radius 2 is 1.76 bits per heavy atom. The summed E-state index contributed by atoms with van der Waals surface area (Å²) < 4.78 is 29.2. The highest BCUT2D eigenvalue weighted by Gasteiger charge is 2.20. The fraction of sp³-hybridized carbons (Fsp3) is 0.0417. The van der Waals surface area contributed by atoms with Gasteiger partial charge in [-0.25, -0.2) is 13.4 Å². The number of nitrogens with zero attached hydrogens (tertiary/aromatic N) is 2. The number of benzene rings is 3. The number of aromatic nitrogens is 1. The molecule has 0 unspecified atom stereocenters. The number of aryl methyl sites for hydroxylation is 1. The third-order valence-electron chi connectivity index (χ3n) is 4.83. The van der Waals surface area contributed by atoms with Gasteiger partial charge in [0.05, 0.1) is 33.5 Å². The molecular weight excluding hydrogens is 536 g/mol. The molecule has 0 spiro atoms. The Morgan fingerprint density at radius 3 is 2.44 bits per heavy atom. The fourth-order valence-electron chi connectivity index (χ4n) is 3.07. The van der Waals surface area contributed by atoms with E-state index in [0.717, 1.165) is 15.6 Å². The van der Waals surface area contributed by atoms with E-state index in [1.54, 1.807) is 12.1 Å². The van der Waals surface area contributed by atoms with Gasteiger partial charge < -0.3 is 0 Å². The van der Waals surface area contributed by atoms with Crippen molar-refractivity contribution < 1.29 is 13.2 Å². The Morgan fingerprint density at radius 1 is 1.06 bits per heavy atom. The average Bonchev–Trinajstić information content (AvgIpc) is 3.27. The van der Waals surface area contributed by atoms with Crippen LogP contribution < -0.4 is 10.0 Å². The predicted molar refractivity (Wildman–Crippen MR) is 136 cm³/mol. The van der Waals surface area contributed by atoms with Crippen LogP contribution in [0.3, 0.4) is 0 Å². The molecule has 0 aliphatic heterocycles. The maximum atomic E-state index is 13.0. The molecule has 1 amide bonds. The molecule has 0 aliphatic carbocycles. The molecular formula is C24H17BrN4O3S2. The highest BCUT2D eigenvalue weighted by molar-refractivity contribution is 9.10. The standard InChI is InChI=1S/C24H17BrN4O3S2/c1-15-2-9-19(10-3-15)34(31,32)29-21-12-16(13-26)4-11-20(21)23(30)28-24-27-22(14-33-24)17-5-7-18(25)8-6-17/h2-12,14,29H,1H3,(H,27,28,30). The number of carbonyl (C=O) groups excluding carboxylic acids is 1. The van der Waals surface area contributed by atoms with Crippen molar-refractivity contribution in [2.75, 3.05) is 10.0 Å². The molecule has 10 heteroatoms. The molecule has 4 aromatic rings. The lowest BCUT2D eigenvalue weighted by Gasteiger charge is -2.13. The Balaban J connectivity index is 1.60. The molecule has 1 aromatic heterocycles. The number of nitrogens with one attached hydrogen (secondary N) is 2. The van der Waals surface area contributed by atoms with Gasteiger partial charge in [-0.3, -0.25) is 14.8 Å². The van der Waals surface area contributed by atoms with Crippen LogP contribution in [0, 0.1) is 18.3 Å². The van der Waals surface area contributed by atoms with Gasteiger partial charge in [-0.05, 0) is 49.4 Å². The van der Waals surface area contributed by atoms with Crippen molar-refractivity contribution in [1.82, 2.24) is 4.98 Å². The summed E-state index contributed by atoms with van der Waals surface area (Å²) in [4.78, 5) is 17.5. The van der Waals surface area contributed by atoms with Gasteiger partial charge >= 0.3 is 0 Å². The van der Waals surface area contributed by atoms with Crippen LogP contribution in [0.1, 0.15) is 21.5 Å². The van der Waals surface area contributed by atoms with E-state index >= 15 is 0 Å². The molecule has 34 heavy (non-hydrogen) atoms. The summed E-state index contributed by atoms with van der Waals surface area (Å²) in [5, 5.41) is 14.2. The number of nitriles is 1. The fourth-order valence-corrected chi connectivity index (χ4v) is 5.12. The number of rotatable bonds is 6. The van der Waals surface area contributed by atoms with Gasteiger partial charge in [0.2, 0.25) is 0 Å². The summed E-state index contributed by atoms with van der Waals surface area (Å²) in [7, 11) is -3.98. The Kier molecular flexibility index (Phi) is 6.79. The first-order valence-corrected chi connectivity index (χ1v) is 13.1. The lowest BCUT2D eigenvalue weighted by atomic mass is 10.1. The van der Waals surface area contributed by atoms with E-state index < -0.39 is 15.9 Å². The number of thiazole rings is 1. The van der Waals surface area contributed by atoms with Crippen molar-refractivity contribution in [2.24, 2.45) is 0 Å². The van der Waals surface area contributed by atoms with Crippen molar-refractivity contribution in [1.29, 1.82) is 5.26 Å². The van der Waals surface area contributed by atoms with Crippen LogP contribution in [0.5, 0.6) is 0 Å². The quantitative estimate of drug-likeness (QED) is 0.313.